The van der Waals surface area contributed by atoms with E-state index in [-0.39, 0.29) is 0 Å². The molecule has 0 aromatic rings. The Balaban J connectivity index is 2.33. The number of nitrogens with one attached hydrogen (secondary N) is 1. The molecule has 1 aliphatic rings. The second-order valence-corrected chi connectivity index (χ2v) is 3.85. The maximum atomic E-state index is 10.6. The molecule has 0 saturated carbocycles. The number of carboxylic acids is 1. The van der Waals surface area contributed by atoms with Gasteiger partial charge in [-0.3, -0.25) is 4.79 Å². The van der Waals surface area contributed by atoms with Crippen molar-refractivity contribution >= 4 is 5.97 Å². The van der Waals surface area contributed by atoms with Crippen molar-refractivity contribution in [1.82, 2.24) is 5.32 Å². The summed E-state index contributed by atoms with van der Waals surface area (Å²) < 4.78 is 5.51. The van der Waals surface area contributed by atoms with E-state index in [1.54, 1.807) is 6.92 Å². The molecule has 3 unspecified atom stereocenters. The summed E-state index contributed by atoms with van der Waals surface area (Å²) >= 11 is 0. The van der Waals surface area contributed by atoms with Crippen LogP contribution < -0.4 is 5.32 Å². The van der Waals surface area contributed by atoms with Crippen LogP contribution in [0.1, 0.15) is 33.1 Å². The predicted octanol–water partition coefficient (Wildman–Crippen LogP) is 1.01. The number of aliphatic carboxylic acids is 1. The predicted molar refractivity (Wildman–Crippen MR) is 53.3 cm³/mol. The van der Waals surface area contributed by atoms with Gasteiger partial charge in [0.25, 0.3) is 0 Å². The van der Waals surface area contributed by atoms with Crippen molar-refractivity contribution in [2.45, 2.75) is 51.3 Å². The number of hydrogen-bond donors (Lipinski definition) is 2. The summed E-state index contributed by atoms with van der Waals surface area (Å²) in [6.45, 7) is 4.51. The van der Waals surface area contributed by atoms with Crippen molar-refractivity contribution in [2.24, 2.45) is 0 Å². The van der Waals surface area contributed by atoms with Crippen LogP contribution in [0, 0.1) is 0 Å². The lowest BCUT2D eigenvalue weighted by Crippen LogP contribution is -2.45. The Bertz CT molecular complexity index is 196. The summed E-state index contributed by atoms with van der Waals surface area (Å²) in [5.41, 5.74) is 0. The largest absolute Gasteiger partial charge is 0.480 e. The second-order valence-electron chi connectivity index (χ2n) is 3.85. The summed E-state index contributed by atoms with van der Waals surface area (Å²) in [7, 11) is 0. The summed E-state index contributed by atoms with van der Waals surface area (Å²) in [4.78, 5) is 10.6. The standard InChI is InChI=1S/C10H19NO3/c1-3-9-6-8(4-5-14-9)11-7(2)10(12)13/h7-9,11H,3-6H2,1-2H3,(H,12,13). The Hall–Kier alpha value is -0.610. The molecule has 0 amide bonds. The molecule has 82 valence electrons. The van der Waals surface area contributed by atoms with Crippen LogP contribution in [0.4, 0.5) is 0 Å². The Morgan fingerprint density at radius 2 is 2.43 bits per heavy atom. The Morgan fingerprint density at radius 3 is 3.00 bits per heavy atom. The van der Waals surface area contributed by atoms with Crippen LogP contribution in [0.25, 0.3) is 0 Å². The van der Waals surface area contributed by atoms with E-state index in [9.17, 15) is 4.79 Å². The molecule has 0 radical (unpaired) electrons. The van der Waals surface area contributed by atoms with Crippen LogP contribution in [0.2, 0.25) is 0 Å². The van der Waals surface area contributed by atoms with Gasteiger partial charge in [0.15, 0.2) is 0 Å². The molecule has 0 aliphatic carbocycles. The van der Waals surface area contributed by atoms with E-state index in [1.807, 2.05) is 0 Å². The van der Waals surface area contributed by atoms with Crippen LogP contribution in [0.15, 0.2) is 0 Å². The Labute approximate surface area is 84.6 Å². The lowest BCUT2D eigenvalue weighted by Gasteiger charge is -2.30. The molecule has 1 fully saturated rings. The van der Waals surface area contributed by atoms with Gasteiger partial charge in [-0.15, -0.1) is 0 Å². The van der Waals surface area contributed by atoms with E-state index in [2.05, 4.69) is 12.2 Å². The molecule has 0 aromatic heterocycles. The van der Waals surface area contributed by atoms with E-state index < -0.39 is 12.0 Å². The third-order valence-corrected chi connectivity index (χ3v) is 2.68. The molecule has 1 heterocycles. The minimum absolute atomic E-state index is 0.291. The molecule has 0 aromatic carbocycles. The van der Waals surface area contributed by atoms with E-state index in [4.69, 9.17) is 9.84 Å². The minimum atomic E-state index is -0.787. The molecule has 4 nitrogen and oxygen atoms in total. The quantitative estimate of drug-likeness (QED) is 0.712. The van der Waals surface area contributed by atoms with Gasteiger partial charge in [-0.25, -0.2) is 0 Å². The van der Waals surface area contributed by atoms with Gasteiger partial charge in [0.05, 0.1) is 6.10 Å². The zero-order valence-corrected chi connectivity index (χ0v) is 8.82. The summed E-state index contributed by atoms with van der Waals surface area (Å²) in [5, 5.41) is 11.8. The van der Waals surface area contributed by atoms with Gasteiger partial charge in [0.1, 0.15) is 6.04 Å². The molecule has 0 bridgehead atoms. The lowest BCUT2D eigenvalue weighted by atomic mass is 10.0. The van der Waals surface area contributed by atoms with Crippen molar-refractivity contribution in [1.29, 1.82) is 0 Å². The first kappa shape index (κ1) is 11.5. The lowest BCUT2D eigenvalue weighted by molar-refractivity contribution is -0.139. The van der Waals surface area contributed by atoms with Crippen LogP contribution in [0.3, 0.4) is 0 Å². The highest BCUT2D eigenvalue weighted by Gasteiger charge is 2.23. The number of hydrogen-bond acceptors (Lipinski definition) is 3. The van der Waals surface area contributed by atoms with Crippen molar-refractivity contribution in [3.63, 3.8) is 0 Å². The van der Waals surface area contributed by atoms with Gasteiger partial charge < -0.3 is 15.2 Å². The fourth-order valence-electron chi connectivity index (χ4n) is 1.74. The molecule has 2 N–H and O–H groups in total. The van der Waals surface area contributed by atoms with E-state index in [1.165, 1.54) is 0 Å². The topological polar surface area (TPSA) is 58.6 Å². The molecule has 1 rings (SSSR count). The smallest absolute Gasteiger partial charge is 0.320 e. The van der Waals surface area contributed by atoms with Gasteiger partial charge in [0.2, 0.25) is 0 Å². The van der Waals surface area contributed by atoms with Crippen molar-refractivity contribution < 1.29 is 14.6 Å². The highest BCUT2D eigenvalue weighted by atomic mass is 16.5. The summed E-state index contributed by atoms with van der Waals surface area (Å²) in [6.07, 6.45) is 3.13. The fraction of sp³-hybridized carbons (Fsp3) is 0.900. The van der Waals surface area contributed by atoms with Crippen LogP contribution in [-0.4, -0.2) is 35.9 Å². The van der Waals surface area contributed by atoms with Gasteiger partial charge in [0, 0.05) is 12.6 Å². The second kappa shape index (κ2) is 5.32. The minimum Gasteiger partial charge on any atom is -0.480 e. The van der Waals surface area contributed by atoms with Crippen LogP contribution in [-0.2, 0) is 9.53 Å². The first-order valence-corrected chi connectivity index (χ1v) is 5.24. The number of carbonyl (C=O) groups is 1. The zero-order chi connectivity index (χ0) is 10.6. The van der Waals surface area contributed by atoms with Crippen molar-refractivity contribution in [3.05, 3.63) is 0 Å². The number of carboxylic acid groups (broad SMARTS) is 1. The summed E-state index contributed by atoms with van der Waals surface area (Å²) in [5.74, 6) is -0.787. The third-order valence-electron chi connectivity index (χ3n) is 2.68. The molecule has 14 heavy (non-hydrogen) atoms. The normalized spacial score (nSPS) is 29.9. The Morgan fingerprint density at radius 1 is 1.71 bits per heavy atom. The van der Waals surface area contributed by atoms with Gasteiger partial charge >= 0.3 is 5.97 Å². The average molecular weight is 201 g/mol. The first-order valence-electron chi connectivity index (χ1n) is 5.24. The summed E-state index contributed by atoms with van der Waals surface area (Å²) in [6, 6.07) is -0.171. The van der Waals surface area contributed by atoms with Gasteiger partial charge in [-0.05, 0) is 26.2 Å². The van der Waals surface area contributed by atoms with Crippen molar-refractivity contribution in [3.8, 4) is 0 Å². The monoisotopic (exact) mass is 201 g/mol. The molecule has 1 aliphatic heterocycles. The maximum absolute atomic E-state index is 10.6. The molecule has 3 atom stereocenters. The zero-order valence-electron chi connectivity index (χ0n) is 8.82. The molecule has 0 spiro atoms. The average Bonchev–Trinajstić information content (AvgIpc) is 2.18. The van der Waals surface area contributed by atoms with Gasteiger partial charge in [-0.2, -0.15) is 0 Å². The highest BCUT2D eigenvalue weighted by Crippen LogP contribution is 2.16. The fourth-order valence-corrected chi connectivity index (χ4v) is 1.74. The Kier molecular flexibility index (Phi) is 4.35. The van der Waals surface area contributed by atoms with Crippen LogP contribution >= 0.6 is 0 Å². The van der Waals surface area contributed by atoms with E-state index in [0.29, 0.717) is 12.1 Å². The maximum Gasteiger partial charge on any atom is 0.320 e. The highest BCUT2D eigenvalue weighted by molar-refractivity contribution is 5.72. The van der Waals surface area contributed by atoms with Crippen molar-refractivity contribution in [2.75, 3.05) is 6.61 Å². The van der Waals surface area contributed by atoms with Gasteiger partial charge in [-0.1, -0.05) is 6.92 Å². The van der Waals surface area contributed by atoms with E-state index in [0.717, 1.165) is 25.9 Å². The van der Waals surface area contributed by atoms with E-state index >= 15 is 0 Å². The number of rotatable bonds is 4. The molecular weight excluding hydrogens is 182 g/mol. The van der Waals surface area contributed by atoms with Crippen LogP contribution in [0.5, 0.6) is 0 Å². The SMILES string of the molecule is CCC1CC(NC(C)C(=O)O)CCO1. The number of ether oxygens (including phenoxy) is 1. The first-order chi connectivity index (χ1) is 6.63. The molecule has 1 saturated heterocycles. The molecular formula is C10H19NO3. The molecule has 4 heteroatoms. The third kappa shape index (κ3) is 3.27.